The average Bonchev–Trinajstić information content (AvgIpc) is 3.16. The van der Waals surface area contributed by atoms with E-state index in [1.807, 2.05) is 7.05 Å². The van der Waals surface area contributed by atoms with Gasteiger partial charge in [0.05, 0.1) is 6.61 Å². The van der Waals surface area contributed by atoms with Crippen LogP contribution in [0.1, 0.15) is 18.4 Å². The number of nitrogens with one attached hydrogen (secondary N) is 1. The second kappa shape index (κ2) is 7.01. The molecule has 0 saturated carbocycles. The molecule has 2 aliphatic heterocycles. The topological polar surface area (TPSA) is 36.9 Å². The van der Waals surface area contributed by atoms with Crippen molar-refractivity contribution in [3.8, 4) is 0 Å². The maximum Gasteiger partial charge on any atom is 0.193 e. The largest absolute Gasteiger partial charge is 0.381 e. The summed E-state index contributed by atoms with van der Waals surface area (Å²) >= 11 is 3.47. The van der Waals surface area contributed by atoms with Crippen molar-refractivity contribution in [1.82, 2.24) is 10.2 Å². The Hall–Kier alpha value is -1.07. The van der Waals surface area contributed by atoms with Crippen LogP contribution in [0.4, 0.5) is 0 Å². The number of ether oxygens (including phenoxy) is 1. The molecule has 0 aromatic heterocycles. The van der Waals surface area contributed by atoms with Crippen molar-refractivity contribution in [3.05, 3.63) is 34.3 Å². The van der Waals surface area contributed by atoms with E-state index in [4.69, 9.17) is 4.74 Å². The summed E-state index contributed by atoms with van der Waals surface area (Å²) in [6.45, 7) is 4.91. The van der Waals surface area contributed by atoms with E-state index < -0.39 is 0 Å². The first kappa shape index (κ1) is 15.8. The Bertz CT molecular complexity index is 523. The number of hydrogen-bond acceptors (Lipinski definition) is 2. The number of aliphatic imine (C=N–C) groups is 1. The van der Waals surface area contributed by atoms with Crippen LogP contribution in [0, 0.1) is 5.41 Å². The van der Waals surface area contributed by atoms with Gasteiger partial charge in [0.1, 0.15) is 0 Å². The van der Waals surface area contributed by atoms with Crippen LogP contribution in [0.2, 0.25) is 0 Å². The van der Waals surface area contributed by atoms with Crippen molar-refractivity contribution in [3.63, 3.8) is 0 Å². The Balaban J connectivity index is 1.49. The van der Waals surface area contributed by atoms with E-state index in [1.165, 1.54) is 18.4 Å². The van der Waals surface area contributed by atoms with Crippen LogP contribution < -0.4 is 5.32 Å². The third-order valence-electron chi connectivity index (χ3n) is 4.74. The fourth-order valence-corrected chi connectivity index (χ4v) is 3.65. The van der Waals surface area contributed by atoms with Gasteiger partial charge in [-0.05, 0) is 37.0 Å². The first-order valence-electron chi connectivity index (χ1n) is 7.99. The monoisotopic (exact) mass is 365 g/mol. The number of likely N-dealkylation sites (tertiary alicyclic amines) is 1. The van der Waals surface area contributed by atoms with Gasteiger partial charge in [-0.15, -0.1) is 0 Å². The molecule has 2 fully saturated rings. The van der Waals surface area contributed by atoms with Gasteiger partial charge in [-0.1, -0.05) is 28.1 Å². The summed E-state index contributed by atoms with van der Waals surface area (Å²) in [6, 6.07) is 8.51. The van der Waals surface area contributed by atoms with E-state index in [1.54, 1.807) is 0 Å². The molecule has 2 aliphatic rings. The maximum absolute atomic E-state index is 5.60. The SMILES string of the molecule is CN=C(NCCc1ccc(Br)cc1)N1CCC2(CCOC2)C1. The standard InChI is InChI=1S/C17H24BrN3O/c1-19-16(20-9-6-14-2-4-15(18)5-3-14)21-10-7-17(12-21)8-11-22-13-17/h2-5H,6-13H2,1H3,(H,19,20). The summed E-state index contributed by atoms with van der Waals surface area (Å²) < 4.78 is 6.73. The lowest BCUT2D eigenvalue weighted by Gasteiger charge is -2.25. The van der Waals surface area contributed by atoms with Crippen LogP contribution in [0.5, 0.6) is 0 Å². The van der Waals surface area contributed by atoms with Crippen LogP contribution in [0.15, 0.2) is 33.7 Å². The predicted molar refractivity (Wildman–Crippen MR) is 93.3 cm³/mol. The summed E-state index contributed by atoms with van der Waals surface area (Å²) in [4.78, 5) is 6.84. The van der Waals surface area contributed by atoms with E-state index in [0.717, 1.165) is 49.7 Å². The Morgan fingerprint density at radius 2 is 2.18 bits per heavy atom. The first-order valence-corrected chi connectivity index (χ1v) is 8.78. The van der Waals surface area contributed by atoms with Gasteiger partial charge < -0.3 is 15.0 Å². The molecule has 2 heterocycles. The summed E-state index contributed by atoms with van der Waals surface area (Å²) in [7, 11) is 1.87. The van der Waals surface area contributed by atoms with Gasteiger partial charge in [-0.2, -0.15) is 0 Å². The van der Waals surface area contributed by atoms with E-state index in [0.29, 0.717) is 5.41 Å². The highest BCUT2D eigenvalue weighted by molar-refractivity contribution is 9.10. The van der Waals surface area contributed by atoms with Crippen molar-refractivity contribution in [1.29, 1.82) is 0 Å². The van der Waals surface area contributed by atoms with Crippen molar-refractivity contribution in [2.45, 2.75) is 19.3 Å². The van der Waals surface area contributed by atoms with Crippen molar-refractivity contribution in [2.24, 2.45) is 10.4 Å². The fraction of sp³-hybridized carbons (Fsp3) is 0.588. The zero-order valence-electron chi connectivity index (χ0n) is 13.1. The molecule has 0 amide bonds. The van der Waals surface area contributed by atoms with E-state index in [9.17, 15) is 0 Å². The number of benzene rings is 1. The maximum atomic E-state index is 5.60. The highest BCUT2D eigenvalue weighted by atomic mass is 79.9. The Morgan fingerprint density at radius 1 is 1.36 bits per heavy atom. The highest BCUT2D eigenvalue weighted by Crippen LogP contribution is 2.38. The predicted octanol–water partition coefficient (Wildman–Crippen LogP) is 2.68. The summed E-state index contributed by atoms with van der Waals surface area (Å²) in [5, 5.41) is 3.50. The van der Waals surface area contributed by atoms with Crippen molar-refractivity contribution < 1.29 is 4.74 Å². The number of hydrogen-bond donors (Lipinski definition) is 1. The van der Waals surface area contributed by atoms with Crippen LogP contribution in [-0.2, 0) is 11.2 Å². The molecule has 0 bridgehead atoms. The van der Waals surface area contributed by atoms with E-state index >= 15 is 0 Å². The summed E-state index contributed by atoms with van der Waals surface area (Å²) in [5.74, 6) is 1.03. The number of guanidine groups is 1. The van der Waals surface area contributed by atoms with Crippen molar-refractivity contribution in [2.75, 3.05) is 39.9 Å². The Morgan fingerprint density at radius 3 is 2.86 bits per heavy atom. The lowest BCUT2D eigenvalue weighted by atomic mass is 9.87. The number of rotatable bonds is 3. The van der Waals surface area contributed by atoms with Gasteiger partial charge in [-0.25, -0.2) is 0 Å². The quantitative estimate of drug-likeness (QED) is 0.660. The van der Waals surface area contributed by atoms with Gasteiger partial charge in [0.25, 0.3) is 0 Å². The molecule has 0 radical (unpaired) electrons. The van der Waals surface area contributed by atoms with Crippen molar-refractivity contribution >= 4 is 21.9 Å². The molecule has 22 heavy (non-hydrogen) atoms. The molecule has 0 aliphatic carbocycles. The zero-order valence-corrected chi connectivity index (χ0v) is 14.7. The molecule has 1 spiro atoms. The molecule has 2 saturated heterocycles. The third kappa shape index (κ3) is 3.63. The minimum atomic E-state index is 0.378. The molecule has 1 aromatic carbocycles. The lowest BCUT2D eigenvalue weighted by Crippen LogP contribution is -2.42. The second-order valence-corrected chi connectivity index (χ2v) is 7.24. The number of nitrogens with zero attached hydrogens (tertiary/aromatic N) is 2. The van der Waals surface area contributed by atoms with E-state index in [2.05, 4.69) is 55.4 Å². The highest BCUT2D eigenvalue weighted by Gasteiger charge is 2.42. The zero-order chi connectivity index (χ0) is 15.4. The average molecular weight is 366 g/mol. The molecule has 1 atom stereocenters. The Kier molecular flexibility index (Phi) is 5.03. The van der Waals surface area contributed by atoms with Gasteiger partial charge >= 0.3 is 0 Å². The second-order valence-electron chi connectivity index (χ2n) is 6.32. The molecule has 120 valence electrons. The summed E-state index contributed by atoms with van der Waals surface area (Å²) in [6.07, 6.45) is 3.42. The molecule has 4 nitrogen and oxygen atoms in total. The van der Waals surface area contributed by atoms with Gasteiger partial charge in [-0.3, -0.25) is 4.99 Å². The minimum Gasteiger partial charge on any atom is -0.381 e. The molecule has 1 N–H and O–H groups in total. The molecular formula is C17H24BrN3O. The van der Waals surface area contributed by atoms with Gasteiger partial charge in [0.15, 0.2) is 5.96 Å². The van der Waals surface area contributed by atoms with Crippen LogP contribution in [0.25, 0.3) is 0 Å². The van der Waals surface area contributed by atoms with Crippen LogP contribution >= 0.6 is 15.9 Å². The van der Waals surface area contributed by atoms with Gasteiger partial charge in [0.2, 0.25) is 0 Å². The normalized spacial score (nSPS) is 25.2. The fourth-order valence-electron chi connectivity index (χ4n) is 3.39. The summed E-state index contributed by atoms with van der Waals surface area (Å²) in [5.41, 5.74) is 1.72. The number of halogens is 1. The van der Waals surface area contributed by atoms with Crippen LogP contribution in [-0.4, -0.2) is 50.8 Å². The van der Waals surface area contributed by atoms with Gasteiger partial charge in [0, 0.05) is 43.2 Å². The first-order chi connectivity index (χ1) is 10.7. The lowest BCUT2D eigenvalue weighted by molar-refractivity contribution is 0.156. The molecule has 1 unspecified atom stereocenters. The Labute approximate surface area is 141 Å². The molecule has 3 rings (SSSR count). The van der Waals surface area contributed by atoms with E-state index in [-0.39, 0.29) is 0 Å². The third-order valence-corrected chi connectivity index (χ3v) is 5.27. The van der Waals surface area contributed by atoms with Crippen LogP contribution in [0.3, 0.4) is 0 Å². The minimum absolute atomic E-state index is 0.378. The smallest absolute Gasteiger partial charge is 0.193 e. The molecule has 1 aromatic rings. The molecule has 5 heteroatoms. The molecular weight excluding hydrogens is 342 g/mol.